The van der Waals surface area contributed by atoms with Gasteiger partial charge < -0.3 is 9.67 Å². The molecule has 0 fully saturated rings. The molecule has 1 rings (SSSR count). The zero-order valence-electron chi connectivity index (χ0n) is 15.1. The van der Waals surface area contributed by atoms with Gasteiger partial charge in [-0.25, -0.2) is 5.06 Å². The molecule has 0 saturated heterocycles. The van der Waals surface area contributed by atoms with Crippen LogP contribution >= 0.6 is 7.14 Å². The maximum atomic E-state index is 12.4. The number of amides is 1. The molecule has 7 nitrogen and oxygen atoms in total. The Kier molecular flexibility index (Phi) is 7.35. The quantitative estimate of drug-likeness (QED) is 0.351. The van der Waals surface area contributed by atoms with E-state index >= 15 is 0 Å². The summed E-state index contributed by atoms with van der Waals surface area (Å²) in [4.78, 5) is 23.5. The molecule has 2 unspecified atom stereocenters. The van der Waals surface area contributed by atoms with Gasteiger partial charge in [-0.05, 0) is 32.2 Å². The zero-order valence-corrected chi connectivity index (χ0v) is 16.0. The lowest BCUT2D eigenvalue weighted by molar-refractivity contribution is -0.178. The first-order valence-electron chi connectivity index (χ1n) is 8.09. The van der Waals surface area contributed by atoms with E-state index in [9.17, 15) is 19.4 Å². The Hall–Kier alpha value is -1.69. The number of benzene rings is 1. The van der Waals surface area contributed by atoms with Gasteiger partial charge in [0.05, 0.1) is 24.3 Å². The largest absolute Gasteiger partial charge is 0.481 e. The Labute approximate surface area is 148 Å². The summed E-state index contributed by atoms with van der Waals surface area (Å²) >= 11 is 0. The number of carbonyl (C=O) groups is 2. The molecule has 0 radical (unpaired) electrons. The summed E-state index contributed by atoms with van der Waals surface area (Å²) in [6.45, 7) is 6.68. The smallest absolute Gasteiger partial charge is 0.305 e. The second kappa shape index (κ2) is 8.61. The third-order valence-electron chi connectivity index (χ3n) is 4.60. The van der Waals surface area contributed by atoms with Crippen molar-refractivity contribution in [2.45, 2.75) is 38.0 Å². The number of nitrogens with zero attached hydrogens (tertiary/aromatic N) is 1. The summed E-state index contributed by atoms with van der Waals surface area (Å²) in [6.07, 6.45) is 0.130. The molecule has 0 spiro atoms. The van der Waals surface area contributed by atoms with Crippen molar-refractivity contribution in [1.82, 2.24) is 10.4 Å². The normalized spacial score (nSPS) is 15.2. The molecular weight excluding hydrogens is 343 g/mol. The van der Waals surface area contributed by atoms with Crippen molar-refractivity contribution in [3.05, 3.63) is 35.9 Å². The van der Waals surface area contributed by atoms with Crippen LogP contribution in [0.1, 0.15) is 38.3 Å². The first-order valence-corrected chi connectivity index (χ1v) is 10.7. The van der Waals surface area contributed by atoms with Crippen molar-refractivity contribution in [1.29, 1.82) is 0 Å². The van der Waals surface area contributed by atoms with Crippen LogP contribution < -0.4 is 5.32 Å². The molecule has 140 valence electrons. The second-order valence-electron chi connectivity index (χ2n) is 6.59. The molecule has 0 heterocycles. The molecule has 3 N–H and O–H groups in total. The fraction of sp³-hybridized carbons (Fsp3) is 0.529. The number of aliphatic carboxylic acids is 1. The second-order valence-corrected chi connectivity index (χ2v) is 10.3. The first-order chi connectivity index (χ1) is 11.5. The topological polar surface area (TPSA) is 107 Å². The molecule has 0 aliphatic heterocycles. The van der Waals surface area contributed by atoms with Crippen LogP contribution in [0.4, 0.5) is 0 Å². The number of hydrogen-bond donors (Lipinski definition) is 3. The lowest BCUT2D eigenvalue weighted by Gasteiger charge is -2.34. The van der Waals surface area contributed by atoms with Gasteiger partial charge in [-0.15, -0.1) is 0 Å². The van der Waals surface area contributed by atoms with Crippen molar-refractivity contribution in [3.63, 3.8) is 0 Å². The van der Waals surface area contributed by atoms with Crippen LogP contribution in [-0.4, -0.2) is 52.4 Å². The Balaban J connectivity index is 2.91. The van der Waals surface area contributed by atoms with Crippen LogP contribution in [0.2, 0.25) is 0 Å². The molecule has 1 amide bonds. The Morgan fingerprint density at radius 3 is 2.28 bits per heavy atom. The highest BCUT2D eigenvalue weighted by molar-refractivity contribution is 7.63. The standard InChI is InChI=1S/C17H27N2O5P/c1-5-17(2,25(3,4)24)18-12-15(20)19(23)14(11-16(21)22)13-9-7-6-8-10-13/h6-10,14,18,23H,5,11-12H2,1-4H3,(H,21,22). The average molecular weight is 370 g/mol. The minimum Gasteiger partial charge on any atom is -0.481 e. The molecule has 0 aromatic heterocycles. The number of carbonyl (C=O) groups excluding carboxylic acids is 1. The van der Waals surface area contributed by atoms with Gasteiger partial charge in [0.1, 0.15) is 7.14 Å². The Morgan fingerprint density at radius 2 is 1.84 bits per heavy atom. The number of nitrogens with one attached hydrogen (secondary N) is 1. The van der Waals surface area contributed by atoms with Gasteiger partial charge in [0, 0.05) is 0 Å². The molecule has 8 heteroatoms. The number of hydrogen-bond acceptors (Lipinski definition) is 5. The van der Waals surface area contributed by atoms with Gasteiger partial charge in [-0.1, -0.05) is 37.3 Å². The number of carboxylic acids is 1. The first kappa shape index (κ1) is 21.4. The zero-order chi connectivity index (χ0) is 19.3. The molecule has 0 aliphatic rings. The third-order valence-corrected chi connectivity index (χ3v) is 7.45. The van der Waals surface area contributed by atoms with E-state index in [1.165, 1.54) is 0 Å². The molecule has 0 aliphatic carbocycles. The fourth-order valence-electron chi connectivity index (χ4n) is 2.40. The Morgan fingerprint density at radius 1 is 1.28 bits per heavy atom. The molecule has 25 heavy (non-hydrogen) atoms. The Bertz CT molecular complexity index is 646. The summed E-state index contributed by atoms with van der Waals surface area (Å²) in [5.41, 5.74) is 0.524. The van der Waals surface area contributed by atoms with Crippen LogP contribution in [0.3, 0.4) is 0 Å². The SMILES string of the molecule is CCC(C)(NCC(=O)N(O)C(CC(=O)O)c1ccccc1)P(C)(C)=O. The molecular formula is C17H27N2O5P. The van der Waals surface area contributed by atoms with E-state index in [-0.39, 0.29) is 6.54 Å². The van der Waals surface area contributed by atoms with E-state index in [1.807, 2.05) is 6.92 Å². The maximum absolute atomic E-state index is 12.4. The average Bonchev–Trinajstić information content (AvgIpc) is 2.56. The minimum absolute atomic E-state index is 0.241. The van der Waals surface area contributed by atoms with E-state index in [2.05, 4.69) is 5.32 Å². The monoisotopic (exact) mass is 370 g/mol. The van der Waals surface area contributed by atoms with Gasteiger partial charge in [-0.3, -0.25) is 20.1 Å². The molecule has 2 atom stereocenters. The predicted molar refractivity (Wildman–Crippen MR) is 96.2 cm³/mol. The van der Waals surface area contributed by atoms with Crippen molar-refractivity contribution in [2.75, 3.05) is 19.9 Å². The van der Waals surface area contributed by atoms with Crippen LogP contribution in [0.5, 0.6) is 0 Å². The fourth-order valence-corrected chi connectivity index (χ4v) is 3.62. The van der Waals surface area contributed by atoms with E-state index in [0.29, 0.717) is 17.0 Å². The van der Waals surface area contributed by atoms with Gasteiger partial charge in [-0.2, -0.15) is 0 Å². The third kappa shape index (κ3) is 5.66. The van der Waals surface area contributed by atoms with Gasteiger partial charge in [0.15, 0.2) is 0 Å². The van der Waals surface area contributed by atoms with E-state index < -0.39 is 36.8 Å². The number of hydroxylamine groups is 2. The number of rotatable bonds is 9. The molecule has 0 bridgehead atoms. The van der Waals surface area contributed by atoms with Gasteiger partial charge >= 0.3 is 5.97 Å². The van der Waals surface area contributed by atoms with Crippen LogP contribution in [-0.2, 0) is 14.2 Å². The van der Waals surface area contributed by atoms with Crippen molar-refractivity contribution >= 4 is 19.0 Å². The molecule has 1 aromatic rings. The van der Waals surface area contributed by atoms with E-state index in [1.54, 1.807) is 50.6 Å². The molecule has 0 saturated carbocycles. The summed E-state index contributed by atoms with van der Waals surface area (Å²) in [5, 5.41) is 22.0. The van der Waals surface area contributed by atoms with Crippen LogP contribution in [0.25, 0.3) is 0 Å². The summed E-state index contributed by atoms with van der Waals surface area (Å²) in [5.74, 6) is -1.80. The lowest BCUT2D eigenvalue weighted by atomic mass is 10.0. The number of carboxylic acid groups (broad SMARTS) is 1. The van der Waals surface area contributed by atoms with E-state index in [4.69, 9.17) is 5.11 Å². The molecule has 1 aromatic carbocycles. The van der Waals surface area contributed by atoms with E-state index in [0.717, 1.165) is 0 Å². The summed E-state index contributed by atoms with van der Waals surface area (Å²) < 4.78 is 12.4. The van der Waals surface area contributed by atoms with Crippen molar-refractivity contribution in [2.24, 2.45) is 0 Å². The maximum Gasteiger partial charge on any atom is 0.305 e. The van der Waals surface area contributed by atoms with Gasteiger partial charge in [0.25, 0.3) is 5.91 Å². The lowest BCUT2D eigenvalue weighted by Crippen LogP contribution is -2.47. The predicted octanol–water partition coefficient (Wildman–Crippen LogP) is 2.76. The summed E-state index contributed by atoms with van der Waals surface area (Å²) in [6, 6.07) is 7.49. The highest BCUT2D eigenvalue weighted by Crippen LogP contribution is 2.51. The highest BCUT2D eigenvalue weighted by Gasteiger charge is 2.36. The van der Waals surface area contributed by atoms with Crippen LogP contribution in [0.15, 0.2) is 30.3 Å². The highest BCUT2D eigenvalue weighted by atomic mass is 31.2. The minimum atomic E-state index is -2.54. The van der Waals surface area contributed by atoms with Crippen molar-refractivity contribution in [3.8, 4) is 0 Å². The summed E-state index contributed by atoms with van der Waals surface area (Å²) in [7, 11) is -2.54. The van der Waals surface area contributed by atoms with Crippen LogP contribution in [0, 0.1) is 0 Å². The van der Waals surface area contributed by atoms with Gasteiger partial charge in [0.2, 0.25) is 0 Å². The van der Waals surface area contributed by atoms with Crippen molar-refractivity contribution < 1.29 is 24.5 Å².